The molecule has 116 valence electrons. The van der Waals surface area contributed by atoms with Crippen LogP contribution in [0.25, 0.3) is 0 Å². The van der Waals surface area contributed by atoms with Crippen LogP contribution >= 0.6 is 12.4 Å². The van der Waals surface area contributed by atoms with Gasteiger partial charge in [0, 0.05) is 24.4 Å². The molecular weight excluding hydrogens is 278 g/mol. The third-order valence-corrected chi connectivity index (χ3v) is 3.38. The SMILES string of the molecule is CCC(CC)c1cc(CNC(=O)C(C)CNC)on1.Cl. The minimum absolute atomic E-state index is 0. The van der Waals surface area contributed by atoms with E-state index < -0.39 is 0 Å². The zero-order valence-corrected chi connectivity index (χ0v) is 13.5. The molecule has 0 spiro atoms. The van der Waals surface area contributed by atoms with Crippen molar-refractivity contribution in [3.63, 3.8) is 0 Å². The summed E-state index contributed by atoms with van der Waals surface area (Å²) < 4.78 is 5.26. The van der Waals surface area contributed by atoms with Gasteiger partial charge >= 0.3 is 0 Å². The Balaban J connectivity index is 0.00000361. The molecule has 1 aromatic rings. The Kier molecular flexibility index (Phi) is 9.25. The van der Waals surface area contributed by atoms with Gasteiger partial charge in [-0.25, -0.2) is 0 Å². The zero-order valence-electron chi connectivity index (χ0n) is 12.7. The average Bonchev–Trinajstić information content (AvgIpc) is 2.86. The maximum Gasteiger partial charge on any atom is 0.224 e. The highest BCUT2D eigenvalue weighted by Crippen LogP contribution is 2.22. The van der Waals surface area contributed by atoms with Crippen LogP contribution in [-0.2, 0) is 11.3 Å². The maximum absolute atomic E-state index is 11.7. The van der Waals surface area contributed by atoms with Gasteiger partial charge in [0.05, 0.1) is 12.2 Å². The van der Waals surface area contributed by atoms with E-state index in [0.717, 1.165) is 18.5 Å². The predicted octanol–water partition coefficient (Wildman–Crippen LogP) is 2.47. The van der Waals surface area contributed by atoms with E-state index in [1.165, 1.54) is 0 Å². The molecule has 0 saturated heterocycles. The van der Waals surface area contributed by atoms with E-state index in [4.69, 9.17) is 4.52 Å². The largest absolute Gasteiger partial charge is 0.359 e. The smallest absolute Gasteiger partial charge is 0.224 e. The topological polar surface area (TPSA) is 67.2 Å². The maximum atomic E-state index is 11.7. The van der Waals surface area contributed by atoms with Crippen LogP contribution < -0.4 is 10.6 Å². The molecule has 0 aliphatic heterocycles. The molecule has 6 heteroatoms. The lowest BCUT2D eigenvalue weighted by atomic mass is 9.99. The summed E-state index contributed by atoms with van der Waals surface area (Å²) in [4.78, 5) is 11.7. The summed E-state index contributed by atoms with van der Waals surface area (Å²) in [6.45, 7) is 7.25. The van der Waals surface area contributed by atoms with Crippen LogP contribution in [0.5, 0.6) is 0 Å². The lowest BCUT2D eigenvalue weighted by Gasteiger charge is -2.10. The molecule has 1 heterocycles. The normalized spacial score (nSPS) is 12.1. The fraction of sp³-hybridized carbons (Fsp3) is 0.714. The fourth-order valence-corrected chi connectivity index (χ4v) is 2.06. The van der Waals surface area contributed by atoms with Crippen molar-refractivity contribution in [2.75, 3.05) is 13.6 Å². The zero-order chi connectivity index (χ0) is 14.3. The fourth-order valence-electron chi connectivity index (χ4n) is 2.06. The van der Waals surface area contributed by atoms with Gasteiger partial charge in [-0.2, -0.15) is 0 Å². The summed E-state index contributed by atoms with van der Waals surface area (Å²) in [5.74, 6) is 1.13. The highest BCUT2D eigenvalue weighted by molar-refractivity contribution is 5.85. The van der Waals surface area contributed by atoms with Crippen LogP contribution in [0.15, 0.2) is 10.6 Å². The molecular formula is C14H26ClN3O2. The number of carbonyl (C=O) groups is 1. The minimum Gasteiger partial charge on any atom is -0.359 e. The molecule has 1 unspecified atom stereocenters. The van der Waals surface area contributed by atoms with Crippen molar-refractivity contribution in [3.8, 4) is 0 Å². The molecule has 5 nitrogen and oxygen atoms in total. The first-order valence-corrected chi connectivity index (χ1v) is 7.00. The van der Waals surface area contributed by atoms with Crippen LogP contribution in [0, 0.1) is 5.92 Å². The standard InChI is InChI=1S/C14H25N3O2.ClH/c1-5-11(6-2)13-7-12(19-17-13)9-16-14(18)10(3)8-15-4;/h7,10-11,15H,5-6,8-9H2,1-4H3,(H,16,18);1H. The summed E-state index contributed by atoms with van der Waals surface area (Å²) >= 11 is 0. The molecule has 2 N–H and O–H groups in total. The second-order valence-corrected chi connectivity index (χ2v) is 4.91. The number of hydrogen-bond acceptors (Lipinski definition) is 4. The van der Waals surface area contributed by atoms with Crippen molar-refractivity contribution in [3.05, 3.63) is 17.5 Å². The van der Waals surface area contributed by atoms with E-state index in [-0.39, 0.29) is 24.2 Å². The van der Waals surface area contributed by atoms with Gasteiger partial charge in [-0.3, -0.25) is 4.79 Å². The van der Waals surface area contributed by atoms with Gasteiger partial charge in [0.2, 0.25) is 5.91 Å². The first-order chi connectivity index (χ1) is 9.12. The van der Waals surface area contributed by atoms with Gasteiger partial charge in [-0.15, -0.1) is 12.4 Å². The molecule has 0 aliphatic rings. The summed E-state index contributed by atoms with van der Waals surface area (Å²) in [6.07, 6.45) is 2.10. The second-order valence-electron chi connectivity index (χ2n) is 4.91. The van der Waals surface area contributed by atoms with E-state index >= 15 is 0 Å². The van der Waals surface area contributed by atoms with Crippen molar-refractivity contribution in [1.82, 2.24) is 15.8 Å². The monoisotopic (exact) mass is 303 g/mol. The quantitative estimate of drug-likeness (QED) is 0.774. The lowest BCUT2D eigenvalue weighted by molar-refractivity contribution is -0.124. The van der Waals surface area contributed by atoms with Gasteiger partial charge in [-0.1, -0.05) is 25.9 Å². The second kappa shape index (κ2) is 9.77. The number of carbonyl (C=O) groups excluding carboxylic acids is 1. The van der Waals surface area contributed by atoms with Crippen molar-refractivity contribution in [1.29, 1.82) is 0 Å². The Morgan fingerprint density at radius 2 is 2.05 bits per heavy atom. The van der Waals surface area contributed by atoms with Crippen LogP contribution in [0.2, 0.25) is 0 Å². The van der Waals surface area contributed by atoms with Gasteiger partial charge in [0.25, 0.3) is 0 Å². The van der Waals surface area contributed by atoms with Gasteiger partial charge in [0.1, 0.15) is 0 Å². The molecule has 1 rings (SSSR count). The molecule has 0 radical (unpaired) electrons. The number of halogens is 1. The molecule has 1 atom stereocenters. The van der Waals surface area contributed by atoms with Crippen LogP contribution in [0.4, 0.5) is 0 Å². The Morgan fingerprint density at radius 1 is 1.40 bits per heavy atom. The van der Waals surface area contributed by atoms with Crippen LogP contribution in [-0.4, -0.2) is 24.7 Å². The van der Waals surface area contributed by atoms with E-state index in [1.807, 2.05) is 20.0 Å². The van der Waals surface area contributed by atoms with E-state index in [2.05, 4.69) is 29.6 Å². The van der Waals surface area contributed by atoms with E-state index in [1.54, 1.807) is 0 Å². The van der Waals surface area contributed by atoms with Crippen molar-refractivity contribution in [2.24, 2.45) is 5.92 Å². The summed E-state index contributed by atoms with van der Waals surface area (Å²) in [6, 6.07) is 1.95. The summed E-state index contributed by atoms with van der Waals surface area (Å²) in [7, 11) is 1.84. The molecule has 0 bridgehead atoms. The first kappa shape index (κ1) is 18.9. The highest BCUT2D eigenvalue weighted by atomic mass is 35.5. The first-order valence-electron chi connectivity index (χ1n) is 7.00. The summed E-state index contributed by atoms with van der Waals surface area (Å²) in [5, 5.41) is 9.92. The molecule has 0 fully saturated rings. The lowest BCUT2D eigenvalue weighted by Crippen LogP contribution is -2.33. The van der Waals surface area contributed by atoms with Gasteiger partial charge < -0.3 is 15.2 Å². The Bertz CT molecular complexity index is 392. The molecule has 1 amide bonds. The van der Waals surface area contributed by atoms with Crippen molar-refractivity contribution >= 4 is 18.3 Å². The Morgan fingerprint density at radius 3 is 2.60 bits per heavy atom. The molecule has 0 saturated carbocycles. The molecule has 0 aromatic carbocycles. The van der Waals surface area contributed by atoms with Gasteiger partial charge in [0.15, 0.2) is 5.76 Å². The summed E-state index contributed by atoms with van der Waals surface area (Å²) in [5.41, 5.74) is 0.984. The number of rotatable bonds is 8. The van der Waals surface area contributed by atoms with Crippen molar-refractivity contribution in [2.45, 2.75) is 46.1 Å². The van der Waals surface area contributed by atoms with Crippen LogP contribution in [0.3, 0.4) is 0 Å². The number of amides is 1. The van der Waals surface area contributed by atoms with E-state index in [0.29, 0.717) is 24.8 Å². The van der Waals surface area contributed by atoms with E-state index in [9.17, 15) is 4.79 Å². The number of nitrogens with zero attached hydrogens (tertiary/aromatic N) is 1. The molecule has 1 aromatic heterocycles. The van der Waals surface area contributed by atoms with Crippen molar-refractivity contribution < 1.29 is 9.32 Å². The number of aromatic nitrogens is 1. The number of nitrogens with one attached hydrogen (secondary N) is 2. The predicted molar refractivity (Wildman–Crippen MR) is 82.0 cm³/mol. The number of hydrogen-bond donors (Lipinski definition) is 2. The molecule has 20 heavy (non-hydrogen) atoms. The highest BCUT2D eigenvalue weighted by Gasteiger charge is 2.15. The minimum atomic E-state index is -0.0496. The third kappa shape index (κ3) is 5.51. The Labute approximate surface area is 127 Å². The average molecular weight is 304 g/mol. The van der Waals surface area contributed by atoms with Crippen LogP contribution in [0.1, 0.15) is 51.0 Å². The molecule has 0 aliphatic carbocycles. The Hall–Kier alpha value is -1.07. The van der Waals surface area contributed by atoms with Gasteiger partial charge in [-0.05, 0) is 19.9 Å². The third-order valence-electron chi connectivity index (χ3n) is 3.38.